The summed E-state index contributed by atoms with van der Waals surface area (Å²) in [6.45, 7) is 6.56. The van der Waals surface area contributed by atoms with Crippen LogP contribution < -0.4 is 20.7 Å². The molecule has 1 N–H and O–H groups in total. The molecule has 0 bridgehead atoms. The Balaban J connectivity index is 1.61. The topological polar surface area (TPSA) is 77.7 Å². The molecule has 3 heterocycles. The van der Waals surface area contributed by atoms with E-state index in [1.165, 1.54) is 16.8 Å². The summed E-state index contributed by atoms with van der Waals surface area (Å²) >= 11 is 0. The van der Waals surface area contributed by atoms with Crippen LogP contribution >= 0.6 is 0 Å². The van der Waals surface area contributed by atoms with Gasteiger partial charge in [-0.15, -0.1) is 0 Å². The molecule has 4 aromatic rings. The van der Waals surface area contributed by atoms with Gasteiger partial charge in [-0.1, -0.05) is 6.07 Å². The normalized spacial score (nSPS) is 11.0. The minimum atomic E-state index is -0.460. The molecule has 3 aromatic heterocycles. The van der Waals surface area contributed by atoms with Crippen LogP contribution in [0.4, 0.5) is 0 Å². The Hall–Kier alpha value is -3.74. The van der Waals surface area contributed by atoms with Gasteiger partial charge in [-0.2, -0.15) is 0 Å². The number of nitrogens with one attached hydrogen (secondary N) is 1. The van der Waals surface area contributed by atoms with Gasteiger partial charge in [0.15, 0.2) is 11.5 Å². The van der Waals surface area contributed by atoms with Crippen LogP contribution in [0.25, 0.3) is 5.52 Å². The smallest absolute Gasteiger partial charge is 0.328 e. The lowest BCUT2D eigenvalue weighted by molar-refractivity contribution is 0.279. The Morgan fingerprint density at radius 1 is 1.00 bits per heavy atom. The first-order chi connectivity index (χ1) is 14.4. The molecular weight excluding hydrogens is 382 g/mol. The molecule has 0 aliphatic heterocycles. The zero-order valence-corrected chi connectivity index (χ0v) is 17.1. The van der Waals surface area contributed by atoms with Crippen molar-refractivity contribution in [3.63, 3.8) is 0 Å². The number of aromatic amines is 1. The van der Waals surface area contributed by atoms with E-state index in [0.29, 0.717) is 23.9 Å². The van der Waals surface area contributed by atoms with E-state index in [4.69, 9.17) is 9.47 Å². The van der Waals surface area contributed by atoms with Gasteiger partial charge in [0.05, 0.1) is 6.54 Å². The van der Waals surface area contributed by atoms with Crippen molar-refractivity contribution in [2.24, 2.45) is 0 Å². The average molecular weight is 405 g/mol. The third-order valence-electron chi connectivity index (χ3n) is 5.07. The first-order valence-corrected chi connectivity index (χ1v) is 9.71. The molecule has 0 amide bonds. The molecule has 7 nitrogen and oxygen atoms in total. The molecular formula is C23H23N3O4. The second-order valence-electron chi connectivity index (χ2n) is 7.26. The van der Waals surface area contributed by atoms with Crippen LogP contribution in [0.3, 0.4) is 0 Å². The monoisotopic (exact) mass is 405 g/mol. The first-order valence-electron chi connectivity index (χ1n) is 9.71. The SMILES string of the molecule is Cc1cc(Oc2ccc(C)c(C)c2OCCn2ccc(=O)[nH]c2=O)n2cccc2c1. The molecule has 0 saturated carbocycles. The minimum absolute atomic E-state index is 0.249. The highest BCUT2D eigenvalue weighted by atomic mass is 16.5. The maximum Gasteiger partial charge on any atom is 0.328 e. The Kier molecular flexibility index (Phi) is 5.18. The summed E-state index contributed by atoms with van der Waals surface area (Å²) in [7, 11) is 0. The molecule has 7 heteroatoms. The summed E-state index contributed by atoms with van der Waals surface area (Å²) < 4.78 is 15.7. The molecule has 0 unspecified atom stereocenters. The largest absolute Gasteiger partial charge is 0.488 e. The number of aromatic nitrogens is 3. The van der Waals surface area contributed by atoms with Crippen molar-refractivity contribution in [2.75, 3.05) is 6.61 Å². The van der Waals surface area contributed by atoms with Crippen molar-refractivity contribution < 1.29 is 9.47 Å². The quantitative estimate of drug-likeness (QED) is 0.532. The Morgan fingerprint density at radius 3 is 2.63 bits per heavy atom. The summed E-state index contributed by atoms with van der Waals surface area (Å²) in [6.07, 6.45) is 3.41. The molecule has 0 aliphatic carbocycles. The van der Waals surface area contributed by atoms with E-state index in [9.17, 15) is 9.59 Å². The number of benzene rings is 1. The predicted octanol–water partition coefficient (Wildman–Crippen LogP) is 3.59. The number of aryl methyl sites for hydroxylation is 2. The zero-order chi connectivity index (χ0) is 21.3. The van der Waals surface area contributed by atoms with E-state index < -0.39 is 11.2 Å². The Morgan fingerprint density at radius 2 is 1.83 bits per heavy atom. The van der Waals surface area contributed by atoms with E-state index in [2.05, 4.69) is 11.1 Å². The van der Waals surface area contributed by atoms with Gasteiger partial charge in [-0.25, -0.2) is 4.79 Å². The summed E-state index contributed by atoms with van der Waals surface area (Å²) in [5, 5.41) is 0. The zero-order valence-electron chi connectivity index (χ0n) is 17.1. The number of H-pyrrole nitrogens is 1. The van der Waals surface area contributed by atoms with Crippen LogP contribution in [0.5, 0.6) is 17.4 Å². The third kappa shape index (κ3) is 3.87. The molecule has 0 radical (unpaired) electrons. The number of nitrogens with zero attached hydrogens (tertiary/aromatic N) is 2. The molecule has 0 aliphatic rings. The van der Waals surface area contributed by atoms with Gasteiger partial charge < -0.3 is 9.47 Å². The van der Waals surface area contributed by atoms with Gasteiger partial charge >= 0.3 is 5.69 Å². The lowest BCUT2D eigenvalue weighted by Crippen LogP contribution is -2.30. The van der Waals surface area contributed by atoms with Crippen LogP contribution in [0.2, 0.25) is 0 Å². The van der Waals surface area contributed by atoms with Gasteiger partial charge in [0.2, 0.25) is 5.88 Å². The molecule has 0 saturated heterocycles. The molecule has 0 spiro atoms. The lowest BCUT2D eigenvalue weighted by Gasteiger charge is -2.17. The fourth-order valence-corrected chi connectivity index (χ4v) is 3.33. The van der Waals surface area contributed by atoms with Gasteiger partial charge in [-0.05, 0) is 61.7 Å². The molecule has 154 valence electrons. The van der Waals surface area contributed by atoms with Gasteiger partial charge in [0, 0.05) is 30.0 Å². The summed E-state index contributed by atoms with van der Waals surface area (Å²) in [5.41, 5.74) is 3.32. The van der Waals surface area contributed by atoms with Crippen LogP contribution in [-0.4, -0.2) is 20.6 Å². The molecule has 1 aromatic carbocycles. The molecule has 30 heavy (non-hydrogen) atoms. The van der Waals surface area contributed by atoms with Crippen LogP contribution in [0.15, 0.2) is 64.4 Å². The summed E-state index contributed by atoms with van der Waals surface area (Å²) in [5.74, 6) is 1.93. The second-order valence-corrected chi connectivity index (χ2v) is 7.26. The van der Waals surface area contributed by atoms with Crippen LogP contribution in [0.1, 0.15) is 16.7 Å². The number of rotatable bonds is 6. The summed E-state index contributed by atoms with van der Waals surface area (Å²) in [6, 6.07) is 13.3. The minimum Gasteiger partial charge on any atom is -0.488 e. The number of hydrogen-bond acceptors (Lipinski definition) is 4. The Bertz CT molecular complexity index is 1330. The van der Waals surface area contributed by atoms with E-state index in [1.54, 1.807) is 0 Å². The average Bonchev–Trinajstić information content (AvgIpc) is 3.17. The Labute approximate surface area is 173 Å². The van der Waals surface area contributed by atoms with E-state index in [0.717, 1.165) is 22.2 Å². The highest BCUT2D eigenvalue weighted by Gasteiger charge is 2.14. The number of hydrogen-bond donors (Lipinski definition) is 1. The molecule has 4 rings (SSSR count). The van der Waals surface area contributed by atoms with E-state index in [1.807, 2.05) is 61.7 Å². The summed E-state index contributed by atoms with van der Waals surface area (Å²) in [4.78, 5) is 25.3. The predicted molar refractivity (Wildman–Crippen MR) is 115 cm³/mol. The van der Waals surface area contributed by atoms with Gasteiger partial charge in [-0.3, -0.25) is 18.7 Å². The standard InChI is InChI=1S/C23H23N3O4/c1-15-13-18-5-4-9-26(18)21(14-15)30-19-7-6-16(2)17(3)22(19)29-12-11-25-10-8-20(27)24-23(25)28/h4-10,13-14H,11-12H2,1-3H3,(H,24,27,28). The van der Waals surface area contributed by atoms with Gasteiger partial charge in [0.25, 0.3) is 5.56 Å². The fraction of sp³-hybridized carbons (Fsp3) is 0.217. The van der Waals surface area contributed by atoms with Crippen LogP contribution in [-0.2, 0) is 6.54 Å². The highest BCUT2D eigenvalue weighted by molar-refractivity contribution is 5.55. The lowest BCUT2D eigenvalue weighted by atomic mass is 10.1. The number of pyridine rings is 1. The van der Waals surface area contributed by atoms with Crippen molar-refractivity contribution in [3.8, 4) is 17.4 Å². The van der Waals surface area contributed by atoms with Gasteiger partial charge in [0.1, 0.15) is 6.61 Å². The molecule has 0 fully saturated rings. The number of fused-ring (bicyclic) bond motifs is 1. The van der Waals surface area contributed by atoms with E-state index in [-0.39, 0.29) is 6.61 Å². The van der Waals surface area contributed by atoms with Crippen molar-refractivity contribution in [1.29, 1.82) is 0 Å². The first kappa shape index (κ1) is 19.6. The van der Waals surface area contributed by atoms with Crippen molar-refractivity contribution in [1.82, 2.24) is 14.0 Å². The van der Waals surface area contributed by atoms with Crippen molar-refractivity contribution in [2.45, 2.75) is 27.3 Å². The fourth-order valence-electron chi connectivity index (χ4n) is 3.33. The second kappa shape index (κ2) is 7.94. The maximum atomic E-state index is 11.9. The van der Waals surface area contributed by atoms with Crippen molar-refractivity contribution in [3.05, 3.63) is 92.4 Å². The van der Waals surface area contributed by atoms with E-state index >= 15 is 0 Å². The molecule has 0 atom stereocenters. The van der Waals surface area contributed by atoms with Crippen molar-refractivity contribution >= 4 is 5.52 Å². The maximum absolute atomic E-state index is 11.9. The number of ether oxygens (including phenoxy) is 2. The third-order valence-corrected chi connectivity index (χ3v) is 5.07. The highest BCUT2D eigenvalue weighted by Crippen LogP contribution is 2.36. The van der Waals surface area contributed by atoms with Crippen LogP contribution in [0, 0.1) is 20.8 Å².